The Balaban J connectivity index is 1.35. The number of rotatable bonds is 3. The minimum atomic E-state index is -0.271. The summed E-state index contributed by atoms with van der Waals surface area (Å²) < 4.78 is 10.5. The lowest BCUT2D eigenvalue weighted by molar-refractivity contribution is 0.105. The molecule has 1 aliphatic carbocycles. The molecule has 2 unspecified atom stereocenters. The van der Waals surface area contributed by atoms with Crippen molar-refractivity contribution in [3.05, 3.63) is 42.3 Å². The molecule has 0 saturated carbocycles. The number of aromatic nitrogens is 3. The molecule has 0 spiro atoms. The molecule has 31 heavy (non-hydrogen) atoms. The van der Waals surface area contributed by atoms with Crippen LogP contribution in [0.2, 0.25) is 0 Å². The molecule has 10 heteroatoms. The number of ether oxygens (including phenoxy) is 2. The number of anilines is 1. The Kier molecular flexibility index (Phi) is 4.89. The van der Waals surface area contributed by atoms with Crippen molar-refractivity contribution in [1.82, 2.24) is 19.9 Å². The predicted octanol–water partition coefficient (Wildman–Crippen LogP) is 1.34. The number of hydrogen-bond donors (Lipinski definition) is 1. The van der Waals surface area contributed by atoms with Crippen LogP contribution in [0.1, 0.15) is 12.6 Å². The molecular formula is C21H23N7O3. The van der Waals surface area contributed by atoms with Crippen molar-refractivity contribution >= 4 is 34.7 Å². The third-order valence-corrected chi connectivity index (χ3v) is 5.51. The minimum absolute atomic E-state index is 0.134. The zero-order valence-corrected chi connectivity index (χ0v) is 17.1. The van der Waals surface area contributed by atoms with Crippen molar-refractivity contribution in [2.75, 3.05) is 37.7 Å². The average Bonchev–Trinajstić information content (AvgIpc) is 3.18. The highest BCUT2D eigenvalue weighted by molar-refractivity contribution is 5.81. The number of pyridine rings is 1. The van der Waals surface area contributed by atoms with E-state index in [0.717, 1.165) is 22.6 Å². The van der Waals surface area contributed by atoms with Crippen molar-refractivity contribution in [2.45, 2.75) is 19.1 Å². The lowest BCUT2D eigenvalue weighted by atomic mass is 9.98. The summed E-state index contributed by atoms with van der Waals surface area (Å²) in [7, 11) is 0. The van der Waals surface area contributed by atoms with Crippen LogP contribution in [0.15, 0.2) is 41.6 Å². The van der Waals surface area contributed by atoms with Gasteiger partial charge in [-0.05, 0) is 36.8 Å². The van der Waals surface area contributed by atoms with Crippen LogP contribution in [-0.4, -0.2) is 76.9 Å². The van der Waals surface area contributed by atoms with E-state index in [2.05, 4.69) is 14.9 Å². The molecule has 5 rings (SSSR count). The van der Waals surface area contributed by atoms with Gasteiger partial charge in [0.05, 0.1) is 18.5 Å². The van der Waals surface area contributed by atoms with E-state index in [9.17, 15) is 4.79 Å². The predicted molar refractivity (Wildman–Crippen MR) is 116 cm³/mol. The number of piperazine rings is 1. The third-order valence-electron chi connectivity index (χ3n) is 5.51. The van der Waals surface area contributed by atoms with Gasteiger partial charge < -0.3 is 25.0 Å². The molecule has 10 nitrogen and oxygen atoms in total. The molecule has 0 aromatic carbocycles. The summed E-state index contributed by atoms with van der Waals surface area (Å²) >= 11 is 0. The topological polar surface area (TPSA) is 119 Å². The standard InChI is InChI=1S/C21H23N7O3/c1-2-30-21(29)28-9-7-27(8-10-28)18-12-23-15-5-4-14(24-19(15)26-18)13-3-6-17-16(11-13)25-20(22)31-17/h3-6,11-12,16-17H,2,7-10H2,1H3,(H2,22,25). The number of nitrogens with two attached hydrogens (primary N) is 1. The molecule has 2 aliphatic heterocycles. The highest BCUT2D eigenvalue weighted by Gasteiger charge is 2.29. The quantitative estimate of drug-likeness (QED) is 0.789. The van der Waals surface area contributed by atoms with E-state index in [1.54, 1.807) is 11.1 Å². The van der Waals surface area contributed by atoms with Gasteiger partial charge in [0.1, 0.15) is 23.5 Å². The highest BCUT2D eigenvalue weighted by Crippen LogP contribution is 2.27. The zero-order chi connectivity index (χ0) is 21.4. The molecule has 1 saturated heterocycles. The van der Waals surface area contributed by atoms with Crippen LogP contribution < -0.4 is 10.6 Å². The number of amidine groups is 1. The van der Waals surface area contributed by atoms with E-state index in [1.807, 2.05) is 37.3 Å². The third kappa shape index (κ3) is 3.76. The van der Waals surface area contributed by atoms with Crippen LogP contribution >= 0.6 is 0 Å². The Morgan fingerprint density at radius 1 is 1.26 bits per heavy atom. The maximum absolute atomic E-state index is 11.9. The molecule has 1 amide bonds. The molecule has 2 aromatic rings. The number of hydrogen-bond acceptors (Lipinski definition) is 9. The van der Waals surface area contributed by atoms with Crippen molar-refractivity contribution in [3.63, 3.8) is 0 Å². The summed E-state index contributed by atoms with van der Waals surface area (Å²) in [6.07, 6.45) is 7.25. The normalized spacial score (nSPS) is 22.6. The van der Waals surface area contributed by atoms with Gasteiger partial charge >= 0.3 is 6.09 Å². The number of allylic oxidation sites excluding steroid dienone is 2. The van der Waals surface area contributed by atoms with Gasteiger partial charge in [0, 0.05) is 26.2 Å². The molecule has 160 valence electrons. The lowest BCUT2D eigenvalue weighted by Crippen LogP contribution is -2.49. The lowest BCUT2D eigenvalue weighted by Gasteiger charge is -2.34. The van der Waals surface area contributed by atoms with Gasteiger partial charge in [-0.1, -0.05) is 6.08 Å². The van der Waals surface area contributed by atoms with Crippen molar-refractivity contribution in [1.29, 1.82) is 0 Å². The highest BCUT2D eigenvalue weighted by atomic mass is 16.6. The first-order valence-electron chi connectivity index (χ1n) is 10.3. The van der Waals surface area contributed by atoms with Gasteiger partial charge in [-0.25, -0.2) is 24.7 Å². The van der Waals surface area contributed by atoms with Crippen LogP contribution in [0.4, 0.5) is 10.6 Å². The van der Waals surface area contributed by atoms with E-state index < -0.39 is 0 Å². The van der Waals surface area contributed by atoms with Gasteiger partial charge in [-0.2, -0.15) is 0 Å². The number of nitrogens with zero attached hydrogens (tertiary/aromatic N) is 6. The molecular weight excluding hydrogens is 398 g/mol. The number of amides is 1. The summed E-state index contributed by atoms with van der Waals surface area (Å²) in [5.74, 6) is 0.746. The van der Waals surface area contributed by atoms with Crippen LogP contribution in [-0.2, 0) is 9.47 Å². The molecule has 2 atom stereocenters. The SMILES string of the molecule is CCOC(=O)N1CCN(c2cnc3ccc(C4=CC5N=C(N)OC5C=C4)nc3n2)CC1. The first-order chi connectivity index (χ1) is 15.1. The van der Waals surface area contributed by atoms with Crippen LogP contribution in [0.5, 0.6) is 0 Å². The summed E-state index contributed by atoms with van der Waals surface area (Å²) in [5.41, 5.74) is 8.71. The molecule has 4 heterocycles. The van der Waals surface area contributed by atoms with Crippen molar-refractivity contribution < 1.29 is 14.3 Å². The minimum Gasteiger partial charge on any atom is -0.455 e. The van der Waals surface area contributed by atoms with Crippen molar-refractivity contribution in [2.24, 2.45) is 10.7 Å². The first kappa shape index (κ1) is 19.3. The van der Waals surface area contributed by atoms with Gasteiger partial charge in [-0.3, -0.25) is 0 Å². The summed E-state index contributed by atoms with van der Waals surface area (Å²) in [6, 6.07) is 3.91. The van der Waals surface area contributed by atoms with Crippen LogP contribution in [0, 0.1) is 0 Å². The van der Waals surface area contributed by atoms with E-state index >= 15 is 0 Å². The maximum Gasteiger partial charge on any atom is 0.409 e. The van der Waals surface area contributed by atoms with Crippen LogP contribution in [0.3, 0.4) is 0 Å². The number of fused-ring (bicyclic) bond motifs is 2. The van der Waals surface area contributed by atoms with Gasteiger partial charge in [0.25, 0.3) is 6.02 Å². The first-order valence-corrected chi connectivity index (χ1v) is 10.3. The summed E-state index contributed by atoms with van der Waals surface area (Å²) in [4.78, 5) is 34.0. The molecule has 1 fully saturated rings. The Bertz CT molecular complexity index is 1110. The Morgan fingerprint density at radius 3 is 2.90 bits per heavy atom. The second kappa shape index (κ2) is 7.86. The molecule has 0 radical (unpaired) electrons. The van der Waals surface area contributed by atoms with Gasteiger partial charge in [-0.15, -0.1) is 0 Å². The second-order valence-electron chi connectivity index (χ2n) is 7.46. The maximum atomic E-state index is 11.9. The Hall–Kier alpha value is -3.69. The number of aliphatic imine (C=N–C) groups is 1. The summed E-state index contributed by atoms with van der Waals surface area (Å²) in [6.45, 7) is 4.67. The fourth-order valence-electron chi connectivity index (χ4n) is 3.89. The smallest absolute Gasteiger partial charge is 0.409 e. The molecule has 2 aromatic heterocycles. The average molecular weight is 421 g/mol. The van der Waals surface area contributed by atoms with E-state index in [1.165, 1.54) is 0 Å². The largest absolute Gasteiger partial charge is 0.455 e. The van der Waals surface area contributed by atoms with Gasteiger partial charge in [0.15, 0.2) is 5.65 Å². The van der Waals surface area contributed by atoms with E-state index in [0.29, 0.717) is 38.4 Å². The monoisotopic (exact) mass is 421 g/mol. The Labute approximate surface area is 179 Å². The fraction of sp³-hybridized carbons (Fsp3) is 0.381. The van der Waals surface area contributed by atoms with Crippen molar-refractivity contribution in [3.8, 4) is 0 Å². The van der Waals surface area contributed by atoms with Gasteiger partial charge in [0.2, 0.25) is 0 Å². The molecule has 2 N–H and O–H groups in total. The van der Waals surface area contributed by atoms with E-state index in [4.69, 9.17) is 25.2 Å². The van der Waals surface area contributed by atoms with E-state index in [-0.39, 0.29) is 24.3 Å². The van der Waals surface area contributed by atoms with Crippen LogP contribution in [0.25, 0.3) is 16.7 Å². The zero-order valence-electron chi connectivity index (χ0n) is 17.1. The Morgan fingerprint density at radius 2 is 2.10 bits per heavy atom. The molecule has 0 bridgehead atoms. The second-order valence-corrected chi connectivity index (χ2v) is 7.46. The number of carbonyl (C=O) groups is 1. The fourth-order valence-corrected chi connectivity index (χ4v) is 3.89. The molecule has 3 aliphatic rings. The summed E-state index contributed by atoms with van der Waals surface area (Å²) in [5, 5.41) is 0. The number of carbonyl (C=O) groups excluding carboxylic acids is 1.